The predicted octanol–water partition coefficient (Wildman–Crippen LogP) is 14.1. The molecule has 10 rings (SSSR count). The maximum atomic E-state index is 2.44. The Hall–Kier alpha value is -6.64. The number of aryl methyl sites for hydroxylation is 4. The van der Waals surface area contributed by atoms with Crippen LogP contribution in [0.3, 0.4) is 0 Å². The number of para-hydroxylation sites is 2. The van der Waals surface area contributed by atoms with Crippen molar-refractivity contribution in [1.82, 2.24) is 9.13 Å². The van der Waals surface area contributed by atoms with Crippen LogP contribution in [0.2, 0.25) is 0 Å². The molecule has 0 saturated carbocycles. The normalized spacial score (nSPS) is 11.7. The molecule has 0 bridgehead atoms. The SMILES string of the molecule is Cc1ccccc1-c1ccc2c3ccccc3n(-c3ccc(-c4ccc(-n5c6ccccc6c6ccc(-c7ccccc7C)cc65)cc4C)c(C)c3)c2c1. The van der Waals surface area contributed by atoms with Crippen LogP contribution in [-0.2, 0) is 0 Å². The lowest BCUT2D eigenvalue weighted by Crippen LogP contribution is -1.98. The Bertz CT molecular complexity index is 2890. The summed E-state index contributed by atoms with van der Waals surface area (Å²) in [5, 5.41) is 5.08. The maximum absolute atomic E-state index is 2.44. The zero-order valence-corrected chi connectivity index (χ0v) is 31.1. The maximum Gasteiger partial charge on any atom is 0.0547 e. The van der Waals surface area contributed by atoms with Crippen molar-refractivity contribution in [3.05, 3.63) is 192 Å². The second-order valence-electron chi connectivity index (χ2n) is 14.8. The van der Waals surface area contributed by atoms with Gasteiger partial charge in [-0.1, -0.05) is 121 Å². The highest BCUT2D eigenvalue weighted by Crippen LogP contribution is 2.39. The summed E-state index contributed by atoms with van der Waals surface area (Å²) in [6, 6.07) is 62.6. The third kappa shape index (κ3) is 5.02. The molecule has 0 atom stereocenters. The molecule has 2 aromatic heterocycles. The fraction of sp³-hybridized carbons (Fsp3) is 0.0769. The van der Waals surface area contributed by atoms with Crippen LogP contribution < -0.4 is 0 Å². The summed E-state index contributed by atoms with van der Waals surface area (Å²) in [6.07, 6.45) is 0. The van der Waals surface area contributed by atoms with Gasteiger partial charge in [-0.3, -0.25) is 0 Å². The van der Waals surface area contributed by atoms with E-state index in [2.05, 4.69) is 207 Å². The second-order valence-corrected chi connectivity index (χ2v) is 14.8. The van der Waals surface area contributed by atoms with E-state index in [1.165, 1.54) is 111 Å². The lowest BCUT2D eigenvalue weighted by Gasteiger charge is -2.16. The molecule has 0 radical (unpaired) electrons. The van der Waals surface area contributed by atoms with Gasteiger partial charge in [-0.05, 0) is 132 Å². The van der Waals surface area contributed by atoms with Crippen LogP contribution in [0.25, 0.3) is 88.4 Å². The summed E-state index contributed by atoms with van der Waals surface area (Å²) < 4.78 is 4.87. The smallest absolute Gasteiger partial charge is 0.0547 e. The van der Waals surface area contributed by atoms with E-state index in [0.29, 0.717) is 0 Å². The van der Waals surface area contributed by atoms with E-state index in [1.807, 2.05) is 0 Å². The number of rotatable bonds is 5. The van der Waals surface area contributed by atoms with Gasteiger partial charge in [0.2, 0.25) is 0 Å². The average molecular weight is 693 g/mol. The first-order chi connectivity index (χ1) is 26.4. The van der Waals surface area contributed by atoms with Crippen LogP contribution in [-0.4, -0.2) is 9.13 Å². The largest absolute Gasteiger partial charge is 0.309 e. The molecule has 2 heterocycles. The van der Waals surface area contributed by atoms with Crippen molar-refractivity contribution in [3.8, 4) is 44.8 Å². The molecule has 0 aliphatic heterocycles. The molecule has 0 unspecified atom stereocenters. The van der Waals surface area contributed by atoms with E-state index >= 15 is 0 Å². The molecule has 8 aromatic carbocycles. The fourth-order valence-electron chi connectivity index (χ4n) is 8.80. The standard InChI is InChI=1S/C52H40N2/c1-33-13-5-7-15-41(33)37-21-25-47-45-17-9-11-19-49(45)53(51(47)31-37)39-23-27-43(35(3)29-39)44-28-24-40(30-36(44)4)54-50-20-12-10-18-46(50)48-26-22-38(32-52(48)54)42-16-8-6-14-34(42)2/h5-32H,1-4H3. The van der Waals surface area contributed by atoms with Crippen LogP contribution >= 0.6 is 0 Å². The van der Waals surface area contributed by atoms with Crippen molar-refractivity contribution in [3.63, 3.8) is 0 Å². The predicted molar refractivity (Wildman–Crippen MR) is 230 cm³/mol. The van der Waals surface area contributed by atoms with Gasteiger partial charge in [0.1, 0.15) is 0 Å². The molecule has 2 nitrogen and oxygen atoms in total. The van der Waals surface area contributed by atoms with Crippen LogP contribution in [0.4, 0.5) is 0 Å². The summed E-state index contributed by atoms with van der Waals surface area (Å²) in [5.74, 6) is 0. The van der Waals surface area contributed by atoms with Gasteiger partial charge in [0.15, 0.2) is 0 Å². The summed E-state index contributed by atoms with van der Waals surface area (Å²) in [4.78, 5) is 0. The molecule has 0 N–H and O–H groups in total. The van der Waals surface area contributed by atoms with Gasteiger partial charge in [0.25, 0.3) is 0 Å². The molecular formula is C52H40N2. The first kappa shape index (κ1) is 32.0. The lowest BCUT2D eigenvalue weighted by atomic mass is 9.95. The number of hydrogen-bond donors (Lipinski definition) is 0. The summed E-state index contributed by atoms with van der Waals surface area (Å²) in [7, 11) is 0. The highest BCUT2D eigenvalue weighted by atomic mass is 15.0. The molecule has 0 spiro atoms. The van der Waals surface area contributed by atoms with Crippen LogP contribution in [0.5, 0.6) is 0 Å². The number of fused-ring (bicyclic) bond motifs is 6. The zero-order chi connectivity index (χ0) is 36.5. The minimum atomic E-state index is 1.17. The van der Waals surface area contributed by atoms with E-state index in [1.54, 1.807) is 0 Å². The van der Waals surface area contributed by atoms with Gasteiger partial charge in [-0.2, -0.15) is 0 Å². The van der Waals surface area contributed by atoms with Crippen molar-refractivity contribution in [2.24, 2.45) is 0 Å². The Morgan fingerprint density at radius 1 is 0.278 bits per heavy atom. The molecule has 0 fully saturated rings. The van der Waals surface area contributed by atoms with Gasteiger partial charge in [0.05, 0.1) is 22.1 Å². The fourth-order valence-corrected chi connectivity index (χ4v) is 8.80. The van der Waals surface area contributed by atoms with Crippen molar-refractivity contribution >= 4 is 43.6 Å². The molecule has 0 amide bonds. The topological polar surface area (TPSA) is 9.86 Å². The molecule has 0 aliphatic rings. The Kier molecular flexibility index (Phi) is 7.42. The van der Waals surface area contributed by atoms with Crippen molar-refractivity contribution in [1.29, 1.82) is 0 Å². The van der Waals surface area contributed by atoms with Gasteiger partial charge >= 0.3 is 0 Å². The Morgan fingerprint density at radius 2 is 0.667 bits per heavy atom. The van der Waals surface area contributed by atoms with Gasteiger partial charge < -0.3 is 9.13 Å². The number of nitrogens with zero attached hydrogens (tertiary/aromatic N) is 2. The Balaban J connectivity index is 1.08. The van der Waals surface area contributed by atoms with Gasteiger partial charge in [-0.25, -0.2) is 0 Å². The number of benzene rings is 8. The van der Waals surface area contributed by atoms with Gasteiger partial charge in [-0.15, -0.1) is 0 Å². The third-order valence-electron chi connectivity index (χ3n) is 11.5. The van der Waals surface area contributed by atoms with E-state index in [4.69, 9.17) is 0 Å². The molecule has 54 heavy (non-hydrogen) atoms. The molecule has 2 heteroatoms. The van der Waals surface area contributed by atoms with Crippen LogP contribution in [0.1, 0.15) is 22.3 Å². The van der Waals surface area contributed by atoms with Crippen molar-refractivity contribution in [2.45, 2.75) is 27.7 Å². The van der Waals surface area contributed by atoms with E-state index in [9.17, 15) is 0 Å². The third-order valence-corrected chi connectivity index (χ3v) is 11.5. The van der Waals surface area contributed by atoms with Crippen molar-refractivity contribution < 1.29 is 0 Å². The minimum Gasteiger partial charge on any atom is -0.309 e. The second kappa shape index (κ2) is 12.5. The Morgan fingerprint density at radius 3 is 1.09 bits per heavy atom. The molecule has 0 saturated heterocycles. The summed E-state index contributed by atoms with van der Waals surface area (Å²) in [5.41, 5.74) is 19.9. The first-order valence-corrected chi connectivity index (χ1v) is 18.9. The van der Waals surface area contributed by atoms with Crippen LogP contribution in [0, 0.1) is 27.7 Å². The molecular weight excluding hydrogens is 653 g/mol. The minimum absolute atomic E-state index is 1.17. The Labute approximate surface area is 316 Å². The van der Waals surface area contributed by atoms with E-state index in [0.717, 1.165) is 0 Å². The highest BCUT2D eigenvalue weighted by molar-refractivity contribution is 6.11. The number of hydrogen-bond acceptors (Lipinski definition) is 0. The lowest BCUT2D eigenvalue weighted by molar-refractivity contribution is 1.16. The van der Waals surface area contributed by atoms with Crippen molar-refractivity contribution in [2.75, 3.05) is 0 Å². The summed E-state index contributed by atoms with van der Waals surface area (Å²) in [6.45, 7) is 8.88. The van der Waals surface area contributed by atoms with Gasteiger partial charge in [0, 0.05) is 32.9 Å². The monoisotopic (exact) mass is 692 g/mol. The first-order valence-electron chi connectivity index (χ1n) is 18.9. The summed E-state index contributed by atoms with van der Waals surface area (Å²) >= 11 is 0. The molecule has 10 aromatic rings. The van der Waals surface area contributed by atoms with E-state index < -0.39 is 0 Å². The zero-order valence-electron chi connectivity index (χ0n) is 31.1. The quantitative estimate of drug-likeness (QED) is 0.170. The molecule has 258 valence electrons. The number of aromatic nitrogens is 2. The molecule has 0 aliphatic carbocycles. The highest BCUT2D eigenvalue weighted by Gasteiger charge is 2.17. The average Bonchev–Trinajstić information content (AvgIpc) is 3.70. The van der Waals surface area contributed by atoms with E-state index in [-0.39, 0.29) is 0 Å². The van der Waals surface area contributed by atoms with Crippen LogP contribution in [0.15, 0.2) is 170 Å².